The van der Waals surface area contributed by atoms with Crippen LogP contribution in [0.25, 0.3) is 5.57 Å². The van der Waals surface area contributed by atoms with Crippen LogP contribution in [0.5, 0.6) is 5.75 Å². The molecule has 0 bridgehead atoms. The SMILES string of the molecule is COc1ccc(C2=CC=CCC2C)cc1C. The Morgan fingerprint density at radius 2 is 2.12 bits per heavy atom. The molecule has 1 unspecified atom stereocenters. The molecular formula is C15H18O. The molecule has 1 nitrogen and oxygen atoms in total. The summed E-state index contributed by atoms with van der Waals surface area (Å²) < 4.78 is 5.28. The van der Waals surface area contributed by atoms with Crippen molar-refractivity contribution < 1.29 is 4.74 Å². The van der Waals surface area contributed by atoms with Crippen molar-refractivity contribution in [2.45, 2.75) is 20.3 Å². The van der Waals surface area contributed by atoms with Crippen LogP contribution >= 0.6 is 0 Å². The van der Waals surface area contributed by atoms with Crippen molar-refractivity contribution >= 4 is 5.57 Å². The van der Waals surface area contributed by atoms with Crippen LogP contribution in [0.3, 0.4) is 0 Å². The molecule has 0 heterocycles. The number of benzene rings is 1. The van der Waals surface area contributed by atoms with E-state index in [1.165, 1.54) is 16.7 Å². The standard InChI is InChI=1S/C15H18O/c1-11-6-4-5-7-14(11)13-8-9-15(16-3)12(2)10-13/h4-5,7-11H,6H2,1-3H3. The molecule has 1 aromatic rings. The van der Waals surface area contributed by atoms with Gasteiger partial charge in [-0.15, -0.1) is 0 Å². The first-order valence-corrected chi connectivity index (χ1v) is 5.74. The van der Waals surface area contributed by atoms with E-state index in [2.05, 4.69) is 50.3 Å². The molecule has 1 heteroatoms. The molecule has 2 rings (SSSR count). The third kappa shape index (κ3) is 2.04. The smallest absolute Gasteiger partial charge is 0.121 e. The Morgan fingerprint density at radius 1 is 1.31 bits per heavy atom. The summed E-state index contributed by atoms with van der Waals surface area (Å²) in [7, 11) is 1.72. The number of methoxy groups -OCH3 is 1. The molecule has 16 heavy (non-hydrogen) atoms. The molecule has 0 spiro atoms. The first kappa shape index (κ1) is 11.0. The predicted molar refractivity (Wildman–Crippen MR) is 68.6 cm³/mol. The summed E-state index contributed by atoms with van der Waals surface area (Å²) in [6.45, 7) is 4.36. The number of aryl methyl sites for hydroxylation is 1. The fraction of sp³-hybridized carbons (Fsp3) is 0.333. The maximum atomic E-state index is 5.28. The lowest BCUT2D eigenvalue weighted by Crippen LogP contribution is -2.01. The molecular weight excluding hydrogens is 196 g/mol. The minimum absolute atomic E-state index is 0.609. The zero-order valence-electron chi connectivity index (χ0n) is 10.2. The summed E-state index contributed by atoms with van der Waals surface area (Å²) in [5, 5.41) is 0. The first-order chi connectivity index (χ1) is 7.72. The highest BCUT2D eigenvalue weighted by Gasteiger charge is 2.12. The maximum Gasteiger partial charge on any atom is 0.121 e. The Bertz CT molecular complexity index is 441. The van der Waals surface area contributed by atoms with Crippen molar-refractivity contribution in [3.63, 3.8) is 0 Å². The van der Waals surface area contributed by atoms with E-state index in [1.807, 2.05) is 0 Å². The lowest BCUT2D eigenvalue weighted by atomic mass is 9.87. The van der Waals surface area contributed by atoms with E-state index >= 15 is 0 Å². The lowest BCUT2D eigenvalue weighted by Gasteiger charge is -2.18. The van der Waals surface area contributed by atoms with Crippen LogP contribution in [0.15, 0.2) is 36.4 Å². The van der Waals surface area contributed by atoms with Gasteiger partial charge in [-0.05, 0) is 48.1 Å². The zero-order valence-corrected chi connectivity index (χ0v) is 10.2. The summed E-state index contributed by atoms with van der Waals surface area (Å²) in [4.78, 5) is 0. The monoisotopic (exact) mass is 214 g/mol. The van der Waals surface area contributed by atoms with Gasteiger partial charge in [-0.2, -0.15) is 0 Å². The Hall–Kier alpha value is -1.50. The van der Waals surface area contributed by atoms with Crippen molar-refractivity contribution in [3.05, 3.63) is 47.6 Å². The molecule has 1 atom stereocenters. The zero-order chi connectivity index (χ0) is 11.5. The van der Waals surface area contributed by atoms with E-state index in [-0.39, 0.29) is 0 Å². The van der Waals surface area contributed by atoms with Gasteiger partial charge in [0.15, 0.2) is 0 Å². The fourth-order valence-corrected chi connectivity index (χ4v) is 2.18. The van der Waals surface area contributed by atoms with Crippen LogP contribution in [0.2, 0.25) is 0 Å². The Labute approximate surface area is 97.4 Å². The van der Waals surface area contributed by atoms with Crippen molar-refractivity contribution in [2.24, 2.45) is 5.92 Å². The van der Waals surface area contributed by atoms with Crippen LogP contribution in [0.4, 0.5) is 0 Å². The molecule has 0 radical (unpaired) electrons. The van der Waals surface area contributed by atoms with Crippen molar-refractivity contribution in [1.82, 2.24) is 0 Å². The number of ether oxygens (including phenoxy) is 1. The second kappa shape index (κ2) is 4.56. The molecule has 0 amide bonds. The van der Waals surface area contributed by atoms with E-state index in [1.54, 1.807) is 7.11 Å². The number of hydrogen-bond donors (Lipinski definition) is 0. The van der Waals surface area contributed by atoms with E-state index in [0.717, 1.165) is 12.2 Å². The topological polar surface area (TPSA) is 9.23 Å². The summed E-state index contributed by atoms with van der Waals surface area (Å²) in [5.41, 5.74) is 3.94. The molecule has 1 aliphatic rings. The van der Waals surface area contributed by atoms with Gasteiger partial charge in [0.1, 0.15) is 5.75 Å². The van der Waals surface area contributed by atoms with Crippen LogP contribution in [0.1, 0.15) is 24.5 Å². The molecule has 0 saturated carbocycles. The summed E-state index contributed by atoms with van der Waals surface area (Å²) in [6, 6.07) is 6.41. The number of hydrogen-bond acceptors (Lipinski definition) is 1. The molecule has 84 valence electrons. The van der Waals surface area contributed by atoms with Crippen molar-refractivity contribution in [3.8, 4) is 5.75 Å². The fourth-order valence-electron chi connectivity index (χ4n) is 2.18. The van der Waals surface area contributed by atoms with Crippen LogP contribution in [-0.4, -0.2) is 7.11 Å². The highest BCUT2D eigenvalue weighted by Crippen LogP contribution is 2.31. The highest BCUT2D eigenvalue weighted by atomic mass is 16.5. The van der Waals surface area contributed by atoms with Crippen LogP contribution in [0, 0.1) is 12.8 Å². The summed E-state index contributed by atoms with van der Waals surface area (Å²) >= 11 is 0. The third-order valence-corrected chi connectivity index (χ3v) is 3.16. The second-order valence-electron chi connectivity index (χ2n) is 4.37. The molecule has 1 aromatic carbocycles. The van der Waals surface area contributed by atoms with Gasteiger partial charge < -0.3 is 4.74 Å². The van der Waals surface area contributed by atoms with E-state index in [9.17, 15) is 0 Å². The van der Waals surface area contributed by atoms with Crippen LogP contribution < -0.4 is 4.74 Å². The number of allylic oxidation sites excluding steroid dienone is 4. The second-order valence-corrected chi connectivity index (χ2v) is 4.37. The van der Waals surface area contributed by atoms with Gasteiger partial charge in [0.2, 0.25) is 0 Å². The van der Waals surface area contributed by atoms with Crippen LogP contribution in [-0.2, 0) is 0 Å². The molecule has 0 aromatic heterocycles. The molecule has 0 aliphatic heterocycles. The quantitative estimate of drug-likeness (QED) is 0.723. The maximum absolute atomic E-state index is 5.28. The van der Waals surface area contributed by atoms with E-state index in [4.69, 9.17) is 4.74 Å². The van der Waals surface area contributed by atoms with Crippen molar-refractivity contribution in [1.29, 1.82) is 0 Å². The van der Waals surface area contributed by atoms with E-state index < -0.39 is 0 Å². The number of rotatable bonds is 2. The van der Waals surface area contributed by atoms with Crippen molar-refractivity contribution in [2.75, 3.05) is 7.11 Å². The van der Waals surface area contributed by atoms with Gasteiger partial charge in [0.25, 0.3) is 0 Å². The third-order valence-electron chi connectivity index (χ3n) is 3.16. The lowest BCUT2D eigenvalue weighted by molar-refractivity contribution is 0.411. The van der Waals surface area contributed by atoms with E-state index in [0.29, 0.717) is 5.92 Å². The Balaban J connectivity index is 2.37. The Morgan fingerprint density at radius 3 is 2.75 bits per heavy atom. The average molecular weight is 214 g/mol. The normalized spacial score (nSPS) is 19.4. The Kier molecular flexibility index (Phi) is 3.14. The predicted octanol–water partition coefficient (Wildman–Crippen LogP) is 3.98. The van der Waals surface area contributed by atoms with Gasteiger partial charge in [-0.3, -0.25) is 0 Å². The minimum Gasteiger partial charge on any atom is -0.496 e. The largest absolute Gasteiger partial charge is 0.496 e. The first-order valence-electron chi connectivity index (χ1n) is 5.74. The molecule has 0 N–H and O–H groups in total. The van der Waals surface area contributed by atoms with Gasteiger partial charge in [0.05, 0.1) is 7.11 Å². The molecule has 1 aliphatic carbocycles. The van der Waals surface area contributed by atoms with Gasteiger partial charge in [-0.25, -0.2) is 0 Å². The summed E-state index contributed by atoms with van der Waals surface area (Å²) in [5.74, 6) is 1.57. The average Bonchev–Trinajstić information content (AvgIpc) is 2.29. The van der Waals surface area contributed by atoms with Gasteiger partial charge in [0, 0.05) is 0 Å². The molecule has 0 fully saturated rings. The highest BCUT2D eigenvalue weighted by molar-refractivity contribution is 5.71. The van der Waals surface area contributed by atoms with Gasteiger partial charge in [-0.1, -0.05) is 31.2 Å². The van der Waals surface area contributed by atoms with Gasteiger partial charge >= 0.3 is 0 Å². The minimum atomic E-state index is 0.609. The summed E-state index contributed by atoms with van der Waals surface area (Å²) in [6.07, 6.45) is 7.73. The molecule has 0 saturated heterocycles.